The zero-order valence-electron chi connectivity index (χ0n) is 15.9. The summed E-state index contributed by atoms with van der Waals surface area (Å²) in [6, 6.07) is 12.7. The number of fused-ring (bicyclic) bond motifs is 1. The summed E-state index contributed by atoms with van der Waals surface area (Å²) in [6.45, 7) is 5.49. The largest absolute Gasteiger partial charge is 0.378 e. The van der Waals surface area contributed by atoms with E-state index >= 15 is 0 Å². The predicted octanol–water partition coefficient (Wildman–Crippen LogP) is 2.73. The van der Waals surface area contributed by atoms with Crippen molar-refractivity contribution in [2.24, 2.45) is 0 Å². The van der Waals surface area contributed by atoms with Gasteiger partial charge in [-0.2, -0.15) is 0 Å². The number of nitrogens with zero attached hydrogens (tertiary/aromatic N) is 1. The highest BCUT2D eigenvalue weighted by molar-refractivity contribution is 7.97. The fourth-order valence-electron chi connectivity index (χ4n) is 3.54. The van der Waals surface area contributed by atoms with Crippen molar-refractivity contribution in [3.63, 3.8) is 0 Å². The summed E-state index contributed by atoms with van der Waals surface area (Å²) < 4.78 is 31.8. The molecule has 1 fully saturated rings. The molecule has 0 unspecified atom stereocenters. The molecule has 4 rings (SSSR count). The van der Waals surface area contributed by atoms with E-state index in [2.05, 4.69) is 5.32 Å². The van der Waals surface area contributed by atoms with Crippen LogP contribution < -0.4 is 5.32 Å². The standard InChI is InChI=1S/C21H22N2O4S/c1-14-7-8-15(2)17(13-14)22-19-16-5-3-4-6-18(16)28(25,26)20(19)21(24)23-9-11-27-12-10-23/h3-8,13,22H,9-12H2,1-2H3. The third-order valence-electron chi connectivity index (χ3n) is 5.09. The molecule has 6 nitrogen and oxygen atoms in total. The first-order valence-electron chi connectivity index (χ1n) is 9.19. The van der Waals surface area contributed by atoms with Crippen LogP contribution in [0.1, 0.15) is 16.7 Å². The number of carbonyl (C=O) groups excluding carboxylic acids is 1. The fraction of sp³-hybridized carbons (Fsp3) is 0.286. The molecule has 2 aromatic rings. The van der Waals surface area contributed by atoms with Gasteiger partial charge in [0.25, 0.3) is 5.91 Å². The van der Waals surface area contributed by atoms with Crippen LogP contribution in [0.25, 0.3) is 5.70 Å². The van der Waals surface area contributed by atoms with Crippen molar-refractivity contribution in [2.75, 3.05) is 31.6 Å². The lowest BCUT2D eigenvalue weighted by Gasteiger charge is -2.27. The summed E-state index contributed by atoms with van der Waals surface area (Å²) in [6.07, 6.45) is 0. The normalized spacial score (nSPS) is 18.1. The van der Waals surface area contributed by atoms with Crippen LogP contribution >= 0.6 is 0 Å². The van der Waals surface area contributed by atoms with E-state index in [1.54, 1.807) is 29.2 Å². The molecule has 0 saturated carbocycles. The van der Waals surface area contributed by atoms with Gasteiger partial charge in [0.1, 0.15) is 0 Å². The molecule has 2 aliphatic heterocycles. The first-order chi connectivity index (χ1) is 13.4. The second kappa shape index (κ2) is 7.07. The van der Waals surface area contributed by atoms with Gasteiger partial charge in [-0.15, -0.1) is 0 Å². The van der Waals surface area contributed by atoms with Crippen molar-refractivity contribution in [3.05, 3.63) is 64.1 Å². The second-order valence-electron chi connectivity index (χ2n) is 7.05. The fourth-order valence-corrected chi connectivity index (χ4v) is 5.26. The molecule has 2 aromatic carbocycles. The van der Waals surface area contributed by atoms with Crippen LogP contribution in [0, 0.1) is 13.8 Å². The van der Waals surface area contributed by atoms with Crippen molar-refractivity contribution in [1.82, 2.24) is 4.90 Å². The van der Waals surface area contributed by atoms with Gasteiger partial charge in [0.15, 0.2) is 4.91 Å². The number of nitrogens with one attached hydrogen (secondary N) is 1. The van der Waals surface area contributed by atoms with Gasteiger partial charge in [0, 0.05) is 24.3 Å². The molecular formula is C21H22N2O4S. The summed E-state index contributed by atoms with van der Waals surface area (Å²) in [5.41, 5.74) is 3.68. The summed E-state index contributed by atoms with van der Waals surface area (Å²) >= 11 is 0. The summed E-state index contributed by atoms with van der Waals surface area (Å²) in [7, 11) is -3.90. The van der Waals surface area contributed by atoms with Crippen LogP contribution in [0.5, 0.6) is 0 Å². The Morgan fingerprint density at radius 1 is 1.07 bits per heavy atom. The smallest absolute Gasteiger partial charge is 0.268 e. The number of anilines is 1. The Balaban J connectivity index is 1.87. The molecule has 2 heterocycles. The minimum absolute atomic E-state index is 0.166. The molecular weight excluding hydrogens is 376 g/mol. The molecule has 1 amide bonds. The van der Waals surface area contributed by atoms with Crippen LogP contribution in [0.4, 0.5) is 5.69 Å². The lowest BCUT2D eigenvalue weighted by Crippen LogP contribution is -2.42. The lowest BCUT2D eigenvalue weighted by molar-refractivity contribution is -0.130. The monoisotopic (exact) mass is 398 g/mol. The minimum Gasteiger partial charge on any atom is -0.378 e. The molecule has 0 atom stereocenters. The van der Waals surface area contributed by atoms with Crippen LogP contribution in [-0.4, -0.2) is 45.5 Å². The number of ether oxygens (including phenoxy) is 1. The Bertz CT molecular complexity index is 1080. The third kappa shape index (κ3) is 3.10. The Morgan fingerprint density at radius 3 is 2.54 bits per heavy atom. The van der Waals surface area contributed by atoms with Crippen molar-refractivity contribution >= 4 is 27.1 Å². The Kier molecular flexibility index (Phi) is 4.72. The van der Waals surface area contributed by atoms with Gasteiger partial charge >= 0.3 is 0 Å². The number of aryl methyl sites for hydroxylation is 2. The number of morpholine rings is 1. The first kappa shape index (κ1) is 18.7. The van der Waals surface area contributed by atoms with Gasteiger partial charge in [-0.1, -0.05) is 30.3 Å². The average Bonchev–Trinajstić information content (AvgIpc) is 2.92. The summed E-state index contributed by atoms with van der Waals surface area (Å²) in [5, 5.41) is 3.25. The van der Waals surface area contributed by atoms with Crippen molar-refractivity contribution in [1.29, 1.82) is 0 Å². The number of carbonyl (C=O) groups is 1. The Morgan fingerprint density at radius 2 is 1.79 bits per heavy atom. The highest BCUT2D eigenvalue weighted by Crippen LogP contribution is 2.40. The summed E-state index contributed by atoms with van der Waals surface area (Å²) in [5.74, 6) is -0.479. The number of rotatable bonds is 3. The molecule has 2 aliphatic rings. The molecule has 1 saturated heterocycles. The summed E-state index contributed by atoms with van der Waals surface area (Å²) in [4.78, 5) is 14.8. The van der Waals surface area contributed by atoms with Crippen LogP contribution in [0.15, 0.2) is 52.3 Å². The van der Waals surface area contributed by atoms with Crippen LogP contribution in [0.2, 0.25) is 0 Å². The average molecular weight is 398 g/mol. The van der Waals surface area contributed by atoms with Gasteiger partial charge in [0.05, 0.1) is 23.8 Å². The molecule has 1 N–H and O–H groups in total. The molecule has 28 heavy (non-hydrogen) atoms. The van der Waals surface area contributed by atoms with Crippen molar-refractivity contribution < 1.29 is 17.9 Å². The predicted molar refractivity (Wildman–Crippen MR) is 107 cm³/mol. The van der Waals surface area contributed by atoms with E-state index in [0.29, 0.717) is 37.6 Å². The zero-order valence-corrected chi connectivity index (χ0v) is 16.7. The SMILES string of the molecule is Cc1ccc(C)c(NC2=C(C(=O)N3CCOCC3)S(=O)(=O)c3ccccc32)c1. The third-order valence-corrected chi connectivity index (χ3v) is 6.94. The maximum Gasteiger partial charge on any atom is 0.268 e. The van der Waals surface area contributed by atoms with E-state index in [1.807, 2.05) is 32.0 Å². The van der Waals surface area contributed by atoms with Crippen LogP contribution in [0.3, 0.4) is 0 Å². The van der Waals surface area contributed by atoms with E-state index in [1.165, 1.54) is 0 Å². The second-order valence-corrected chi connectivity index (χ2v) is 8.91. The van der Waals surface area contributed by atoms with Gasteiger partial charge in [-0.05, 0) is 37.1 Å². The van der Waals surface area contributed by atoms with E-state index in [4.69, 9.17) is 4.74 Å². The van der Waals surface area contributed by atoms with Gasteiger partial charge in [-0.3, -0.25) is 4.79 Å². The van der Waals surface area contributed by atoms with Gasteiger partial charge in [0.2, 0.25) is 9.84 Å². The number of amides is 1. The van der Waals surface area contributed by atoms with E-state index in [-0.39, 0.29) is 9.80 Å². The van der Waals surface area contributed by atoms with Crippen LogP contribution in [-0.2, 0) is 19.4 Å². The Labute approximate surface area is 164 Å². The highest BCUT2D eigenvalue weighted by atomic mass is 32.2. The Hall–Kier alpha value is -2.64. The zero-order chi connectivity index (χ0) is 19.9. The molecule has 7 heteroatoms. The van der Waals surface area contributed by atoms with E-state index in [9.17, 15) is 13.2 Å². The van der Waals surface area contributed by atoms with E-state index < -0.39 is 15.7 Å². The van der Waals surface area contributed by atoms with Gasteiger partial charge in [-0.25, -0.2) is 8.42 Å². The topological polar surface area (TPSA) is 75.7 Å². The molecule has 0 radical (unpaired) electrons. The van der Waals surface area contributed by atoms with Crippen molar-refractivity contribution in [3.8, 4) is 0 Å². The molecule has 0 spiro atoms. The molecule has 0 bridgehead atoms. The van der Waals surface area contributed by atoms with E-state index in [0.717, 1.165) is 16.8 Å². The minimum atomic E-state index is -3.90. The molecule has 0 aliphatic carbocycles. The molecule has 0 aromatic heterocycles. The number of hydrogen-bond donors (Lipinski definition) is 1. The highest BCUT2D eigenvalue weighted by Gasteiger charge is 2.42. The quantitative estimate of drug-likeness (QED) is 0.860. The molecule has 146 valence electrons. The number of benzene rings is 2. The number of hydrogen-bond acceptors (Lipinski definition) is 5. The first-order valence-corrected chi connectivity index (χ1v) is 10.7. The maximum atomic E-state index is 13.2. The van der Waals surface area contributed by atoms with Crippen molar-refractivity contribution in [2.45, 2.75) is 18.7 Å². The maximum absolute atomic E-state index is 13.2. The van der Waals surface area contributed by atoms with Gasteiger partial charge < -0.3 is 15.0 Å². The number of sulfone groups is 1. The lowest BCUT2D eigenvalue weighted by atomic mass is 10.1.